The minimum Gasteiger partial charge on any atom is -0.359 e. The number of aryl methyl sites for hydroxylation is 1. The summed E-state index contributed by atoms with van der Waals surface area (Å²) >= 11 is 0. The Bertz CT molecular complexity index is 562. The molecule has 0 aliphatic rings. The average molecular weight is 260 g/mol. The summed E-state index contributed by atoms with van der Waals surface area (Å²) in [7, 11) is 1.65. The Balaban J connectivity index is 2.02. The number of nitrogens with one attached hydrogen (secondary N) is 2. The predicted octanol–water partition coefficient (Wildman–Crippen LogP) is 1.28. The Labute approximate surface area is 113 Å². The van der Waals surface area contributed by atoms with Crippen molar-refractivity contribution >= 4 is 16.9 Å². The normalized spacial score (nSPS) is 10.8. The van der Waals surface area contributed by atoms with Crippen molar-refractivity contribution in [1.29, 1.82) is 0 Å². The molecule has 0 fully saturated rings. The number of imidazole rings is 1. The second-order valence-electron chi connectivity index (χ2n) is 4.36. The summed E-state index contributed by atoms with van der Waals surface area (Å²) in [5, 5.41) is 5.87. The summed E-state index contributed by atoms with van der Waals surface area (Å²) in [4.78, 5) is 15.7. The van der Waals surface area contributed by atoms with Crippen LogP contribution in [0.4, 0.5) is 0 Å². The molecular formula is C14H20N4O. The van der Waals surface area contributed by atoms with Crippen molar-refractivity contribution in [3.05, 3.63) is 30.1 Å². The summed E-state index contributed by atoms with van der Waals surface area (Å²) < 4.78 is 2.20. The Morgan fingerprint density at radius 1 is 1.37 bits per heavy atom. The Morgan fingerprint density at radius 3 is 2.89 bits per heavy atom. The highest BCUT2D eigenvalue weighted by Gasteiger charge is 2.08. The van der Waals surface area contributed by atoms with E-state index in [1.807, 2.05) is 18.2 Å². The van der Waals surface area contributed by atoms with Gasteiger partial charge in [-0.1, -0.05) is 12.1 Å². The van der Waals surface area contributed by atoms with E-state index in [-0.39, 0.29) is 5.91 Å². The lowest BCUT2D eigenvalue weighted by Gasteiger charge is -2.07. The van der Waals surface area contributed by atoms with Crippen LogP contribution in [0.2, 0.25) is 0 Å². The molecule has 2 rings (SSSR count). The molecule has 5 nitrogen and oxygen atoms in total. The second-order valence-corrected chi connectivity index (χ2v) is 4.36. The zero-order valence-electron chi connectivity index (χ0n) is 11.4. The number of aromatic nitrogens is 2. The van der Waals surface area contributed by atoms with E-state index in [2.05, 4.69) is 33.2 Å². The molecule has 0 radical (unpaired) electrons. The lowest BCUT2D eigenvalue weighted by atomic mass is 10.3. The SMILES string of the molecule is CCn1c(CNCCC(=O)NC)nc2ccccc21. The highest BCUT2D eigenvalue weighted by Crippen LogP contribution is 2.15. The van der Waals surface area contributed by atoms with Crippen molar-refractivity contribution < 1.29 is 4.79 Å². The van der Waals surface area contributed by atoms with Gasteiger partial charge in [-0.15, -0.1) is 0 Å². The zero-order valence-corrected chi connectivity index (χ0v) is 11.4. The molecule has 1 aromatic heterocycles. The standard InChI is InChI=1S/C14H20N4O/c1-3-18-12-7-5-4-6-11(12)17-13(18)10-16-9-8-14(19)15-2/h4-7,16H,3,8-10H2,1-2H3,(H,15,19). The van der Waals surface area contributed by atoms with Crippen LogP contribution < -0.4 is 10.6 Å². The second kappa shape index (κ2) is 6.33. The van der Waals surface area contributed by atoms with Crippen LogP contribution in [-0.2, 0) is 17.9 Å². The average Bonchev–Trinajstić information content (AvgIpc) is 2.80. The van der Waals surface area contributed by atoms with Gasteiger partial charge in [0.05, 0.1) is 17.6 Å². The molecule has 0 aliphatic heterocycles. The Kier molecular flexibility index (Phi) is 4.52. The Morgan fingerprint density at radius 2 is 2.16 bits per heavy atom. The number of hydrogen-bond acceptors (Lipinski definition) is 3. The first-order chi connectivity index (χ1) is 9.26. The van der Waals surface area contributed by atoms with Gasteiger partial charge in [0.15, 0.2) is 0 Å². The third-order valence-corrected chi connectivity index (χ3v) is 3.14. The fourth-order valence-electron chi connectivity index (χ4n) is 2.14. The molecule has 1 amide bonds. The van der Waals surface area contributed by atoms with Gasteiger partial charge < -0.3 is 15.2 Å². The number of amides is 1. The first-order valence-corrected chi connectivity index (χ1v) is 6.61. The van der Waals surface area contributed by atoms with Crippen LogP contribution in [0.5, 0.6) is 0 Å². The molecule has 0 unspecified atom stereocenters. The number of carbonyl (C=O) groups is 1. The van der Waals surface area contributed by atoms with Gasteiger partial charge in [-0.05, 0) is 19.1 Å². The van der Waals surface area contributed by atoms with E-state index in [9.17, 15) is 4.79 Å². The fourth-order valence-corrected chi connectivity index (χ4v) is 2.14. The number of rotatable bonds is 6. The molecule has 5 heteroatoms. The maximum atomic E-state index is 11.1. The lowest BCUT2D eigenvalue weighted by Crippen LogP contribution is -2.25. The van der Waals surface area contributed by atoms with Gasteiger partial charge in [0.1, 0.15) is 5.82 Å². The lowest BCUT2D eigenvalue weighted by molar-refractivity contribution is -0.120. The van der Waals surface area contributed by atoms with Gasteiger partial charge in [0.2, 0.25) is 5.91 Å². The molecule has 0 saturated carbocycles. The molecular weight excluding hydrogens is 240 g/mol. The van der Waals surface area contributed by atoms with E-state index in [0.717, 1.165) is 23.4 Å². The van der Waals surface area contributed by atoms with Crippen LogP contribution in [0.15, 0.2) is 24.3 Å². The van der Waals surface area contributed by atoms with E-state index in [1.54, 1.807) is 7.05 Å². The largest absolute Gasteiger partial charge is 0.359 e. The van der Waals surface area contributed by atoms with Gasteiger partial charge in [-0.25, -0.2) is 4.98 Å². The highest BCUT2D eigenvalue weighted by molar-refractivity contribution is 5.76. The Hall–Kier alpha value is -1.88. The number of carbonyl (C=O) groups excluding carboxylic acids is 1. The van der Waals surface area contributed by atoms with E-state index in [0.29, 0.717) is 19.5 Å². The molecule has 1 aromatic carbocycles. The molecule has 0 aliphatic carbocycles. The summed E-state index contributed by atoms with van der Waals surface area (Å²) in [6.45, 7) is 4.35. The van der Waals surface area contributed by atoms with Crippen LogP contribution in [0.25, 0.3) is 11.0 Å². The van der Waals surface area contributed by atoms with Crippen LogP contribution in [0.3, 0.4) is 0 Å². The summed E-state index contributed by atoms with van der Waals surface area (Å²) in [5.41, 5.74) is 2.18. The number of nitrogens with zero attached hydrogens (tertiary/aromatic N) is 2. The first-order valence-electron chi connectivity index (χ1n) is 6.61. The minimum absolute atomic E-state index is 0.0523. The molecule has 19 heavy (non-hydrogen) atoms. The van der Waals surface area contributed by atoms with Crippen LogP contribution in [0, 0.1) is 0 Å². The number of benzene rings is 1. The third kappa shape index (κ3) is 3.12. The minimum atomic E-state index is 0.0523. The van der Waals surface area contributed by atoms with Gasteiger partial charge in [0.25, 0.3) is 0 Å². The quantitative estimate of drug-likeness (QED) is 0.769. The van der Waals surface area contributed by atoms with Crippen molar-refractivity contribution in [3.8, 4) is 0 Å². The molecule has 102 valence electrons. The highest BCUT2D eigenvalue weighted by atomic mass is 16.1. The molecule has 2 aromatic rings. The molecule has 0 atom stereocenters. The number of para-hydroxylation sites is 2. The predicted molar refractivity (Wildman–Crippen MR) is 75.8 cm³/mol. The van der Waals surface area contributed by atoms with Crippen LogP contribution in [0.1, 0.15) is 19.2 Å². The van der Waals surface area contributed by atoms with E-state index in [1.165, 1.54) is 0 Å². The topological polar surface area (TPSA) is 59.0 Å². The van der Waals surface area contributed by atoms with Crippen molar-refractivity contribution in [1.82, 2.24) is 20.2 Å². The van der Waals surface area contributed by atoms with Gasteiger partial charge in [-0.2, -0.15) is 0 Å². The maximum Gasteiger partial charge on any atom is 0.221 e. The molecule has 0 saturated heterocycles. The smallest absolute Gasteiger partial charge is 0.221 e. The maximum absolute atomic E-state index is 11.1. The number of hydrogen-bond donors (Lipinski definition) is 2. The molecule has 1 heterocycles. The van der Waals surface area contributed by atoms with Crippen molar-refractivity contribution in [2.45, 2.75) is 26.4 Å². The summed E-state index contributed by atoms with van der Waals surface area (Å²) in [6, 6.07) is 8.13. The molecule has 2 N–H and O–H groups in total. The van der Waals surface area contributed by atoms with E-state index >= 15 is 0 Å². The zero-order chi connectivity index (χ0) is 13.7. The van der Waals surface area contributed by atoms with Crippen LogP contribution in [-0.4, -0.2) is 29.1 Å². The van der Waals surface area contributed by atoms with Crippen molar-refractivity contribution in [3.63, 3.8) is 0 Å². The fraction of sp³-hybridized carbons (Fsp3) is 0.429. The van der Waals surface area contributed by atoms with E-state index < -0.39 is 0 Å². The first kappa shape index (κ1) is 13.5. The van der Waals surface area contributed by atoms with Gasteiger partial charge >= 0.3 is 0 Å². The third-order valence-electron chi connectivity index (χ3n) is 3.14. The summed E-state index contributed by atoms with van der Waals surface area (Å²) in [6.07, 6.45) is 0.489. The van der Waals surface area contributed by atoms with Gasteiger partial charge in [0, 0.05) is 26.6 Å². The molecule has 0 bridgehead atoms. The summed E-state index contributed by atoms with van der Waals surface area (Å²) in [5.74, 6) is 1.07. The van der Waals surface area contributed by atoms with E-state index in [4.69, 9.17) is 0 Å². The number of fused-ring (bicyclic) bond motifs is 1. The van der Waals surface area contributed by atoms with Crippen LogP contribution >= 0.6 is 0 Å². The molecule has 0 spiro atoms. The monoisotopic (exact) mass is 260 g/mol. The van der Waals surface area contributed by atoms with Crippen molar-refractivity contribution in [2.24, 2.45) is 0 Å². The van der Waals surface area contributed by atoms with Crippen molar-refractivity contribution in [2.75, 3.05) is 13.6 Å². The van der Waals surface area contributed by atoms with Gasteiger partial charge in [-0.3, -0.25) is 4.79 Å².